The second-order valence-electron chi connectivity index (χ2n) is 4.46. The third-order valence-corrected chi connectivity index (χ3v) is 3.37. The van der Waals surface area contributed by atoms with E-state index in [0.29, 0.717) is 6.04 Å². The Balaban J connectivity index is 2.45. The van der Waals surface area contributed by atoms with Crippen molar-refractivity contribution in [3.63, 3.8) is 0 Å². The molecule has 0 fully saturated rings. The van der Waals surface area contributed by atoms with Gasteiger partial charge in [0.05, 0.1) is 11.7 Å². The monoisotopic (exact) mass is 247 g/mol. The lowest BCUT2D eigenvalue weighted by atomic mass is 10.1. The molecule has 0 radical (unpaired) electrons. The average molecular weight is 247 g/mol. The first-order valence-corrected chi connectivity index (χ1v) is 6.61. The molecule has 0 saturated carbocycles. The zero-order valence-electron chi connectivity index (χ0n) is 11.4. The van der Waals surface area contributed by atoms with Crippen molar-refractivity contribution >= 4 is 11.0 Å². The molecule has 98 valence electrons. The summed E-state index contributed by atoms with van der Waals surface area (Å²) in [6.45, 7) is 5.15. The number of fused-ring (bicyclic) bond motifs is 1. The number of aromatic nitrogens is 3. The molecule has 0 N–H and O–H groups in total. The van der Waals surface area contributed by atoms with Crippen LogP contribution in [0.4, 0.5) is 0 Å². The Morgan fingerprint density at radius 2 is 2.22 bits per heavy atom. The van der Waals surface area contributed by atoms with E-state index in [9.17, 15) is 0 Å². The highest BCUT2D eigenvalue weighted by atomic mass is 16.5. The molecular formula is C14H21N3O. The van der Waals surface area contributed by atoms with Gasteiger partial charge in [-0.05, 0) is 18.9 Å². The van der Waals surface area contributed by atoms with E-state index in [1.54, 1.807) is 7.11 Å². The molecule has 2 aromatic heterocycles. The first kappa shape index (κ1) is 13.0. The lowest BCUT2D eigenvalue weighted by molar-refractivity contribution is 0.177. The minimum atomic E-state index is 0.451. The molecule has 4 nitrogen and oxygen atoms in total. The first-order valence-electron chi connectivity index (χ1n) is 6.61. The molecule has 2 rings (SSSR count). The number of imidazole rings is 1. The summed E-state index contributed by atoms with van der Waals surface area (Å²) < 4.78 is 7.57. The molecule has 0 amide bonds. The number of pyridine rings is 1. The molecule has 2 heterocycles. The maximum atomic E-state index is 5.21. The Hall–Kier alpha value is -1.42. The molecule has 0 saturated heterocycles. The molecular weight excluding hydrogens is 226 g/mol. The number of aryl methyl sites for hydroxylation is 1. The maximum absolute atomic E-state index is 5.21. The molecule has 0 spiro atoms. The lowest BCUT2D eigenvalue weighted by Gasteiger charge is -2.19. The zero-order chi connectivity index (χ0) is 13.0. The molecule has 0 aliphatic heterocycles. The van der Waals surface area contributed by atoms with Gasteiger partial charge in [-0.25, -0.2) is 4.98 Å². The fourth-order valence-corrected chi connectivity index (χ4v) is 2.43. The molecule has 4 heteroatoms. The van der Waals surface area contributed by atoms with Crippen LogP contribution in [0.5, 0.6) is 0 Å². The Bertz CT molecular complexity index is 507. The topological polar surface area (TPSA) is 39.9 Å². The van der Waals surface area contributed by atoms with Crippen molar-refractivity contribution in [2.24, 2.45) is 0 Å². The van der Waals surface area contributed by atoms with Gasteiger partial charge >= 0.3 is 0 Å². The van der Waals surface area contributed by atoms with Gasteiger partial charge in [-0.1, -0.05) is 13.8 Å². The number of methoxy groups -OCH3 is 1. The van der Waals surface area contributed by atoms with Crippen LogP contribution in [0, 0.1) is 0 Å². The van der Waals surface area contributed by atoms with E-state index < -0.39 is 0 Å². The zero-order valence-corrected chi connectivity index (χ0v) is 11.4. The molecule has 0 bridgehead atoms. The Morgan fingerprint density at radius 3 is 2.89 bits per heavy atom. The summed E-state index contributed by atoms with van der Waals surface area (Å²) in [5.41, 5.74) is 2.18. The Kier molecular flexibility index (Phi) is 4.31. The van der Waals surface area contributed by atoms with Gasteiger partial charge in [0, 0.05) is 32.4 Å². The predicted octanol–water partition coefficient (Wildman–Crippen LogP) is 2.98. The number of hydrogen-bond donors (Lipinski definition) is 0. The fraction of sp³-hybridized carbons (Fsp3) is 0.571. The minimum absolute atomic E-state index is 0.451. The standard InChI is InChI=1S/C14H21N3O/c1-4-11(7-9-18-3)17-13-6-8-15-10-12(13)16-14(17)5-2/h6,8,10-11H,4-5,7,9H2,1-3H3. The minimum Gasteiger partial charge on any atom is -0.385 e. The molecule has 0 aliphatic rings. The van der Waals surface area contributed by atoms with Crippen LogP contribution < -0.4 is 0 Å². The number of nitrogens with zero attached hydrogens (tertiary/aromatic N) is 3. The smallest absolute Gasteiger partial charge is 0.109 e. The van der Waals surface area contributed by atoms with Gasteiger partial charge in [0.1, 0.15) is 11.3 Å². The quantitative estimate of drug-likeness (QED) is 0.788. The number of hydrogen-bond acceptors (Lipinski definition) is 3. The van der Waals surface area contributed by atoms with E-state index in [1.165, 1.54) is 5.52 Å². The van der Waals surface area contributed by atoms with Gasteiger partial charge in [0.15, 0.2) is 0 Å². The number of rotatable bonds is 6. The van der Waals surface area contributed by atoms with Crippen LogP contribution in [0.25, 0.3) is 11.0 Å². The third-order valence-electron chi connectivity index (χ3n) is 3.37. The normalized spacial score (nSPS) is 13.1. The summed E-state index contributed by atoms with van der Waals surface area (Å²) in [6.07, 6.45) is 6.73. The van der Waals surface area contributed by atoms with Crippen LogP contribution in [-0.2, 0) is 11.2 Å². The lowest BCUT2D eigenvalue weighted by Crippen LogP contribution is -2.13. The van der Waals surface area contributed by atoms with Crippen molar-refractivity contribution in [1.29, 1.82) is 0 Å². The second-order valence-corrected chi connectivity index (χ2v) is 4.46. The van der Waals surface area contributed by atoms with Crippen LogP contribution in [0.1, 0.15) is 38.6 Å². The molecule has 1 atom stereocenters. The van der Waals surface area contributed by atoms with Gasteiger partial charge in [-0.2, -0.15) is 0 Å². The summed E-state index contributed by atoms with van der Waals surface area (Å²) in [6, 6.07) is 2.50. The molecule has 0 aliphatic carbocycles. The Morgan fingerprint density at radius 1 is 1.39 bits per heavy atom. The van der Waals surface area contributed by atoms with Crippen LogP contribution in [0.2, 0.25) is 0 Å². The van der Waals surface area contributed by atoms with Gasteiger partial charge in [-0.3, -0.25) is 4.98 Å². The highest BCUT2D eigenvalue weighted by molar-refractivity contribution is 5.74. The third kappa shape index (κ3) is 2.38. The van der Waals surface area contributed by atoms with E-state index in [1.807, 2.05) is 12.4 Å². The largest absolute Gasteiger partial charge is 0.385 e. The van der Waals surface area contributed by atoms with Crippen LogP contribution in [0.3, 0.4) is 0 Å². The average Bonchev–Trinajstić information content (AvgIpc) is 2.79. The van der Waals surface area contributed by atoms with E-state index in [4.69, 9.17) is 4.74 Å². The second kappa shape index (κ2) is 5.96. The molecule has 2 aromatic rings. The number of ether oxygens (including phenoxy) is 1. The molecule has 1 unspecified atom stereocenters. The Labute approximate surface area is 108 Å². The highest BCUT2D eigenvalue weighted by Gasteiger charge is 2.16. The summed E-state index contributed by atoms with van der Waals surface area (Å²) in [5, 5.41) is 0. The van der Waals surface area contributed by atoms with E-state index in [-0.39, 0.29) is 0 Å². The van der Waals surface area contributed by atoms with Crippen molar-refractivity contribution in [2.75, 3.05) is 13.7 Å². The summed E-state index contributed by atoms with van der Waals surface area (Å²) in [4.78, 5) is 8.82. The van der Waals surface area contributed by atoms with Crippen molar-refractivity contribution in [3.05, 3.63) is 24.3 Å². The van der Waals surface area contributed by atoms with Crippen LogP contribution >= 0.6 is 0 Å². The van der Waals surface area contributed by atoms with Gasteiger partial charge in [0.25, 0.3) is 0 Å². The fourth-order valence-electron chi connectivity index (χ4n) is 2.43. The predicted molar refractivity (Wildman–Crippen MR) is 72.7 cm³/mol. The van der Waals surface area contributed by atoms with Crippen molar-refractivity contribution in [3.8, 4) is 0 Å². The van der Waals surface area contributed by atoms with E-state index in [0.717, 1.165) is 37.2 Å². The van der Waals surface area contributed by atoms with E-state index >= 15 is 0 Å². The maximum Gasteiger partial charge on any atom is 0.109 e. The molecule has 18 heavy (non-hydrogen) atoms. The summed E-state index contributed by atoms with van der Waals surface area (Å²) in [7, 11) is 1.75. The van der Waals surface area contributed by atoms with E-state index in [2.05, 4.69) is 34.4 Å². The summed E-state index contributed by atoms with van der Waals surface area (Å²) >= 11 is 0. The highest BCUT2D eigenvalue weighted by Crippen LogP contribution is 2.25. The summed E-state index contributed by atoms with van der Waals surface area (Å²) in [5.74, 6) is 1.14. The van der Waals surface area contributed by atoms with Crippen molar-refractivity contribution in [1.82, 2.24) is 14.5 Å². The van der Waals surface area contributed by atoms with Gasteiger partial charge in [-0.15, -0.1) is 0 Å². The van der Waals surface area contributed by atoms with Crippen molar-refractivity contribution in [2.45, 2.75) is 39.2 Å². The SMILES string of the molecule is CCc1nc2cnccc2n1C(CC)CCOC. The van der Waals surface area contributed by atoms with Crippen LogP contribution in [0.15, 0.2) is 18.5 Å². The molecule has 0 aromatic carbocycles. The first-order chi connectivity index (χ1) is 8.81. The van der Waals surface area contributed by atoms with Gasteiger partial charge in [0.2, 0.25) is 0 Å². The van der Waals surface area contributed by atoms with Gasteiger partial charge < -0.3 is 9.30 Å². The van der Waals surface area contributed by atoms with Crippen LogP contribution in [-0.4, -0.2) is 28.3 Å². The van der Waals surface area contributed by atoms with Crippen molar-refractivity contribution < 1.29 is 4.74 Å².